The fraction of sp³-hybridized carbons (Fsp3) is 0.611. The third-order valence-corrected chi connectivity index (χ3v) is 4.40. The molecule has 1 aromatic carbocycles. The zero-order valence-electron chi connectivity index (χ0n) is 15.4. The highest BCUT2D eigenvalue weighted by Crippen LogP contribution is 2.17. The molecule has 2 aromatic rings. The zero-order chi connectivity index (χ0) is 18.0. The van der Waals surface area contributed by atoms with E-state index in [2.05, 4.69) is 43.9 Å². The van der Waals surface area contributed by atoms with Gasteiger partial charge in [-0.15, -0.1) is 0 Å². The Morgan fingerprint density at radius 1 is 1.12 bits per heavy atom. The number of tetrazole rings is 1. The summed E-state index contributed by atoms with van der Waals surface area (Å²) in [6.45, 7) is 5.74. The highest BCUT2D eigenvalue weighted by atomic mass is 16.5. The van der Waals surface area contributed by atoms with E-state index in [1.165, 1.54) is 37.9 Å². The topological polar surface area (TPSA) is 77.3 Å². The van der Waals surface area contributed by atoms with Crippen molar-refractivity contribution in [3.8, 4) is 5.75 Å². The molecule has 1 aliphatic rings. The van der Waals surface area contributed by atoms with Gasteiger partial charge in [0.1, 0.15) is 12.4 Å². The van der Waals surface area contributed by atoms with Crippen LogP contribution in [0.1, 0.15) is 24.8 Å². The number of hydrogen-bond donors (Lipinski definition) is 1. The number of nitrogens with zero attached hydrogens (tertiary/aromatic N) is 5. The smallest absolute Gasteiger partial charge is 0.242 e. The molecule has 1 N–H and O–H groups in total. The lowest BCUT2D eigenvalue weighted by Gasteiger charge is -2.26. The number of hydrogen-bond acceptors (Lipinski definition) is 7. The van der Waals surface area contributed by atoms with E-state index in [9.17, 15) is 0 Å². The molecular formula is C18H28N6O2. The minimum atomic E-state index is 0.540. The van der Waals surface area contributed by atoms with Gasteiger partial charge in [-0.2, -0.15) is 0 Å². The van der Waals surface area contributed by atoms with Crippen molar-refractivity contribution in [3.63, 3.8) is 0 Å². The summed E-state index contributed by atoms with van der Waals surface area (Å²) in [7, 11) is 1.79. The maximum Gasteiger partial charge on any atom is 0.242 e. The number of benzene rings is 1. The quantitative estimate of drug-likeness (QED) is 0.646. The number of ether oxygens (including phenoxy) is 2. The fourth-order valence-corrected chi connectivity index (χ4v) is 3.04. The second-order valence-corrected chi connectivity index (χ2v) is 6.50. The van der Waals surface area contributed by atoms with Crippen molar-refractivity contribution >= 4 is 5.95 Å². The molecule has 1 saturated heterocycles. The monoisotopic (exact) mass is 360 g/mol. The molecule has 0 unspecified atom stereocenters. The summed E-state index contributed by atoms with van der Waals surface area (Å²) in [4.78, 5) is 2.52. The number of piperidine rings is 1. The van der Waals surface area contributed by atoms with Crippen LogP contribution < -0.4 is 10.1 Å². The molecule has 2 heterocycles. The van der Waals surface area contributed by atoms with Crippen LogP contribution in [0.25, 0.3) is 0 Å². The fourth-order valence-electron chi connectivity index (χ4n) is 3.04. The molecule has 0 atom stereocenters. The van der Waals surface area contributed by atoms with Crippen LogP contribution in [0.4, 0.5) is 5.95 Å². The van der Waals surface area contributed by atoms with Gasteiger partial charge in [0, 0.05) is 20.1 Å². The van der Waals surface area contributed by atoms with Crippen LogP contribution in [0, 0.1) is 0 Å². The van der Waals surface area contributed by atoms with E-state index in [0.29, 0.717) is 32.3 Å². The number of aromatic nitrogens is 4. The van der Waals surface area contributed by atoms with Crippen molar-refractivity contribution in [2.75, 3.05) is 44.8 Å². The third kappa shape index (κ3) is 5.96. The van der Waals surface area contributed by atoms with E-state index in [1.807, 2.05) is 6.07 Å². The number of anilines is 1. The van der Waals surface area contributed by atoms with Crippen LogP contribution in [-0.4, -0.2) is 64.6 Å². The molecule has 0 aliphatic carbocycles. The van der Waals surface area contributed by atoms with Gasteiger partial charge in [0.15, 0.2) is 0 Å². The highest BCUT2D eigenvalue weighted by Gasteiger charge is 2.10. The summed E-state index contributed by atoms with van der Waals surface area (Å²) in [5.41, 5.74) is 1.31. The summed E-state index contributed by atoms with van der Waals surface area (Å²) in [6.07, 6.45) is 4.00. The molecule has 1 fully saturated rings. The minimum absolute atomic E-state index is 0.540. The van der Waals surface area contributed by atoms with Gasteiger partial charge >= 0.3 is 0 Å². The van der Waals surface area contributed by atoms with Crippen molar-refractivity contribution < 1.29 is 9.47 Å². The predicted octanol–water partition coefficient (Wildman–Crippen LogP) is 1.70. The Kier molecular flexibility index (Phi) is 7.21. The van der Waals surface area contributed by atoms with Gasteiger partial charge in [0.25, 0.3) is 0 Å². The molecule has 0 bridgehead atoms. The Bertz CT molecular complexity index is 657. The molecule has 0 spiro atoms. The Labute approximate surface area is 154 Å². The molecule has 0 radical (unpaired) electrons. The molecule has 0 saturated carbocycles. The summed E-state index contributed by atoms with van der Waals surface area (Å²) in [5, 5.41) is 14.3. The van der Waals surface area contributed by atoms with E-state index < -0.39 is 0 Å². The van der Waals surface area contributed by atoms with E-state index in [1.54, 1.807) is 11.7 Å². The number of aryl methyl sites for hydroxylation is 1. The molecule has 1 aliphatic heterocycles. The largest absolute Gasteiger partial charge is 0.491 e. The van der Waals surface area contributed by atoms with Crippen molar-refractivity contribution in [2.45, 2.75) is 25.8 Å². The molecule has 0 amide bonds. The van der Waals surface area contributed by atoms with Crippen LogP contribution in [0.15, 0.2) is 24.3 Å². The van der Waals surface area contributed by atoms with Gasteiger partial charge in [0.2, 0.25) is 5.95 Å². The van der Waals surface area contributed by atoms with Crippen molar-refractivity contribution in [2.24, 2.45) is 7.05 Å². The summed E-state index contributed by atoms with van der Waals surface area (Å²) in [5.74, 6) is 1.54. The molecule has 8 nitrogen and oxygen atoms in total. The average Bonchev–Trinajstić information content (AvgIpc) is 3.07. The van der Waals surface area contributed by atoms with E-state index in [0.717, 1.165) is 12.3 Å². The van der Waals surface area contributed by atoms with Gasteiger partial charge in [-0.1, -0.05) is 23.7 Å². The lowest BCUT2D eigenvalue weighted by Crippen LogP contribution is -2.29. The summed E-state index contributed by atoms with van der Waals surface area (Å²) in [6, 6.07) is 8.37. The van der Waals surface area contributed by atoms with Crippen LogP contribution >= 0.6 is 0 Å². The maximum atomic E-state index is 5.81. The van der Waals surface area contributed by atoms with Gasteiger partial charge in [-0.05, 0) is 54.1 Å². The minimum Gasteiger partial charge on any atom is -0.491 e. The van der Waals surface area contributed by atoms with Crippen LogP contribution in [-0.2, 0) is 18.3 Å². The van der Waals surface area contributed by atoms with E-state index >= 15 is 0 Å². The number of rotatable bonds is 10. The Hall–Kier alpha value is -2.19. The Balaban J connectivity index is 1.29. The number of nitrogens with one attached hydrogen (secondary N) is 1. The van der Waals surface area contributed by atoms with Crippen LogP contribution in [0.3, 0.4) is 0 Å². The van der Waals surface area contributed by atoms with Gasteiger partial charge < -0.3 is 14.8 Å². The first-order valence-electron chi connectivity index (χ1n) is 9.29. The van der Waals surface area contributed by atoms with Crippen molar-refractivity contribution in [1.29, 1.82) is 0 Å². The lowest BCUT2D eigenvalue weighted by molar-refractivity contribution is 0.107. The second-order valence-electron chi connectivity index (χ2n) is 6.50. The molecule has 26 heavy (non-hydrogen) atoms. The van der Waals surface area contributed by atoms with E-state index in [4.69, 9.17) is 9.47 Å². The second kappa shape index (κ2) is 10.1. The Morgan fingerprint density at radius 3 is 2.81 bits per heavy atom. The Morgan fingerprint density at radius 2 is 2.00 bits per heavy atom. The zero-order valence-corrected chi connectivity index (χ0v) is 15.4. The average molecular weight is 360 g/mol. The standard InChI is InChI=1S/C18H28N6O2/c1-23-18(20-21-22-23)19-8-11-25-12-13-26-17-7-5-6-16(14-17)15-24-9-3-2-4-10-24/h5-7,14H,2-4,8-13,15H2,1H3,(H,19,20,22). The molecule has 8 heteroatoms. The number of likely N-dealkylation sites (tertiary alicyclic amines) is 1. The first-order valence-corrected chi connectivity index (χ1v) is 9.29. The summed E-state index contributed by atoms with van der Waals surface area (Å²) < 4.78 is 13.0. The van der Waals surface area contributed by atoms with Gasteiger partial charge in [-0.3, -0.25) is 4.90 Å². The summed E-state index contributed by atoms with van der Waals surface area (Å²) >= 11 is 0. The SMILES string of the molecule is Cn1nnnc1NCCOCCOc1cccc(CN2CCCCC2)c1. The molecule has 3 rings (SSSR count). The third-order valence-electron chi connectivity index (χ3n) is 4.40. The normalized spacial score (nSPS) is 15.1. The molecule has 1 aromatic heterocycles. The molecule has 142 valence electrons. The van der Waals surface area contributed by atoms with Crippen LogP contribution in [0.5, 0.6) is 5.75 Å². The highest BCUT2D eigenvalue weighted by molar-refractivity contribution is 5.28. The molecular weight excluding hydrogens is 332 g/mol. The van der Waals surface area contributed by atoms with Gasteiger partial charge in [-0.25, -0.2) is 4.68 Å². The lowest BCUT2D eigenvalue weighted by atomic mass is 10.1. The van der Waals surface area contributed by atoms with Crippen molar-refractivity contribution in [3.05, 3.63) is 29.8 Å². The van der Waals surface area contributed by atoms with E-state index in [-0.39, 0.29) is 0 Å². The first-order chi connectivity index (χ1) is 12.8. The van der Waals surface area contributed by atoms with Crippen LogP contribution in [0.2, 0.25) is 0 Å². The predicted molar refractivity (Wildman–Crippen MR) is 99.2 cm³/mol. The van der Waals surface area contributed by atoms with Crippen molar-refractivity contribution in [1.82, 2.24) is 25.1 Å². The van der Waals surface area contributed by atoms with Gasteiger partial charge in [0.05, 0.1) is 13.2 Å². The first kappa shape index (κ1) is 18.6. The maximum absolute atomic E-state index is 5.81.